The van der Waals surface area contributed by atoms with Crippen LogP contribution in [-0.4, -0.2) is 20.9 Å². The molecule has 2 rings (SSSR count). The lowest BCUT2D eigenvalue weighted by Crippen LogP contribution is -2.24. The Morgan fingerprint density at radius 1 is 1.17 bits per heavy atom. The Labute approximate surface area is 148 Å². The van der Waals surface area contributed by atoms with Crippen LogP contribution in [0.25, 0.3) is 0 Å². The van der Waals surface area contributed by atoms with Crippen molar-refractivity contribution in [1.29, 1.82) is 0 Å². The highest BCUT2D eigenvalue weighted by Crippen LogP contribution is 2.16. The summed E-state index contributed by atoms with van der Waals surface area (Å²) >= 11 is 3.25. The van der Waals surface area contributed by atoms with E-state index in [1.807, 2.05) is 0 Å². The van der Waals surface area contributed by atoms with Gasteiger partial charge in [0.15, 0.2) is 0 Å². The molecule has 0 spiro atoms. The molecule has 0 fully saturated rings. The largest absolute Gasteiger partial charge is 0.348 e. The molecular formula is C16H16BrFN2O3S. The molecule has 5 nitrogen and oxygen atoms in total. The molecule has 8 heteroatoms. The van der Waals surface area contributed by atoms with E-state index in [4.69, 9.17) is 0 Å². The number of amides is 1. The van der Waals surface area contributed by atoms with Gasteiger partial charge in [-0.2, -0.15) is 0 Å². The maximum Gasteiger partial charge on any atom is 0.251 e. The molecule has 0 saturated carbocycles. The summed E-state index contributed by atoms with van der Waals surface area (Å²) in [7, 11) is -3.55. The van der Waals surface area contributed by atoms with Crippen molar-refractivity contribution in [2.24, 2.45) is 0 Å². The second-order valence-corrected chi connectivity index (χ2v) is 7.63. The molecule has 0 atom stereocenters. The van der Waals surface area contributed by atoms with Crippen molar-refractivity contribution in [3.8, 4) is 0 Å². The summed E-state index contributed by atoms with van der Waals surface area (Å²) in [5, 5.41) is 2.60. The van der Waals surface area contributed by atoms with Crippen molar-refractivity contribution in [2.45, 2.75) is 18.4 Å². The van der Waals surface area contributed by atoms with Crippen LogP contribution in [0.2, 0.25) is 0 Å². The summed E-state index contributed by atoms with van der Waals surface area (Å²) in [4.78, 5) is 12.2. The Bertz CT molecular complexity index is 839. The molecule has 128 valence electrons. The first-order valence-corrected chi connectivity index (χ1v) is 9.43. The zero-order chi connectivity index (χ0) is 17.7. The third-order valence-electron chi connectivity index (χ3n) is 3.21. The molecule has 0 heterocycles. The summed E-state index contributed by atoms with van der Waals surface area (Å²) < 4.78 is 40.4. The molecule has 0 aromatic heterocycles. The number of halogens is 2. The fraction of sp³-hybridized carbons (Fsp3) is 0.188. The SMILES string of the molecule is CCNS(=O)(=O)c1ccc(C(=O)NCc2cc(Br)ccc2F)cc1. The molecule has 2 aromatic carbocycles. The molecule has 0 aliphatic carbocycles. The summed E-state index contributed by atoms with van der Waals surface area (Å²) in [5.41, 5.74) is 0.643. The Morgan fingerprint density at radius 2 is 1.83 bits per heavy atom. The van der Waals surface area contributed by atoms with Crippen LogP contribution in [0.4, 0.5) is 4.39 Å². The number of benzene rings is 2. The first kappa shape index (κ1) is 18.6. The predicted octanol–water partition coefficient (Wildman–Crippen LogP) is 2.82. The highest BCUT2D eigenvalue weighted by molar-refractivity contribution is 9.10. The minimum Gasteiger partial charge on any atom is -0.348 e. The quantitative estimate of drug-likeness (QED) is 0.762. The third kappa shape index (κ3) is 4.62. The summed E-state index contributed by atoms with van der Waals surface area (Å²) in [6.45, 7) is 1.99. The van der Waals surface area contributed by atoms with E-state index in [1.54, 1.807) is 19.1 Å². The summed E-state index contributed by atoms with van der Waals surface area (Å²) in [6.07, 6.45) is 0. The lowest BCUT2D eigenvalue weighted by atomic mass is 10.2. The van der Waals surface area contributed by atoms with Crippen LogP contribution < -0.4 is 10.0 Å². The molecule has 0 unspecified atom stereocenters. The van der Waals surface area contributed by atoms with Gasteiger partial charge in [-0.3, -0.25) is 4.79 Å². The van der Waals surface area contributed by atoms with E-state index >= 15 is 0 Å². The van der Waals surface area contributed by atoms with Gasteiger partial charge in [-0.15, -0.1) is 0 Å². The van der Waals surface area contributed by atoms with Crippen LogP contribution in [0.3, 0.4) is 0 Å². The molecule has 2 N–H and O–H groups in total. The van der Waals surface area contributed by atoms with Gasteiger partial charge < -0.3 is 5.32 Å². The standard InChI is InChI=1S/C16H16BrFN2O3S/c1-2-20-24(22,23)14-6-3-11(4-7-14)16(21)19-10-12-9-13(17)5-8-15(12)18/h3-9,20H,2,10H2,1H3,(H,19,21). The minimum absolute atomic E-state index is 0.0293. The molecule has 2 aromatic rings. The van der Waals surface area contributed by atoms with E-state index in [-0.39, 0.29) is 18.0 Å². The van der Waals surface area contributed by atoms with E-state index in [0.717, 1.165) is 0 Å². The third-order valence-corrected chi connectivity index (χ3v) is 5.26. The zero-order valence-electron chi connectivity index (χ0n) is 12.8. The highest BCUT2D eigenvalue weighted by atomic mass is 79.9. The summed E-state index contributed by atoms with van der Waals surface area (Å²) in [5.74, 6) is -0.827. The topological polar surface area (TPSA) is 75.3 Å². The van der Waals surface area contributed by atoms with Crippen molar-refractivity contribution < 1.29 is 17.6 Å². The van der Waals surface area contributed by atoms with E-state index in [1.165, 1.54) is 30.3 Å². The van der Waals surface area contributed by atoms with Gasteiger partial charge in [-0.1, -0.05) is 22.9 Å². The predicted molar refractivity (Wildman–Crippen MR) is 92.6 cm³/mol. The number of nitrogens with one attached hydrogen (secondary N) is 2. The molecule has 1 amide bonds. The lowest BCUT2D eigenvalue weighted by molar-refractivity contribution is 0.0950. The normalized spacial score (nSPS) is 11.3. The maximum atomic E-state index is 13.6. The summed E-state index contributed by atoms with van der Waals surface area (Å²) in [6, 6.07) is 10.0. The second-order valence-electron chi connectivity index (χ2n) is 4.94. The Balaban J connectivity index is 2.07. The monoisotopic (exact) mass is 414 g/mol. The minimum atomic E-state index is -3.55. The molecule has 0 saturated heterocycles. The first-order valence-electron chi connectivity index (χ1n) is 7.15. The maximum absolute atomic E-state index is 13.6. The fourth-order valence-corrected chi connectivity index (χ4v) is 3.46. The van der Waals surface area contributed by atoms with Crippen molar-refractivity contribution in [3.05, 3.63) is 63.9 Å². The van der Waals surface area contributed by atoms with Gasteiger partial charge in [-0.05, 0) is 42.5 Å². The average molecular weight is 415 g/mol. The molecule has 0 radical (unpaired) electrons. The van der Waals surface area contributed by atoms with Crippen molar-refractivity contribution in [2.75, 3.05) is 6.54 Å². The first-order chi connectivity index (χ1) is 11.3. The van der Waals surface area contributed by atoms with Crippen LogP contribution in [0.15, 0.2) is 51.8 Å². The molecular weight excluding hydrogens is 399 g/mol. The van der Waals surface area contributed by atoms with Gasteiger partial charge in [0.25, 0.3) is 5.91 Å². The number of carbonyl (C=O) groups excluding carboxylic acids is 1. The van der Waals surface area contributed by atoms with Crippen LogP contribution in [0.1, 0.15) is 22.8 Å². The van der Waals surface area contributed by atoms with Gasteiger partial charge in [-0.25, -0.2) is 17.5 Å². The Hall–Kier alpha value is -1.77. The number of sulfonamides is 1. The van der Waals surface area contributed by atoms with Crippen molar-refractivity contribution >= 4 is 31.9 Å². The van der Waals surface area contributed by atoms with Crippen molar-refractivity contribution in [3.63, 3.8) is 0 Å². The molecule has 0 aliphatic heterocycles. The smallest absolute Gasteiger partial charge is 0.251 e. The van der Waals surface area contributed by atoms with E-state index in [0.29, 0.717) is 15.6 Å². The van der Waals surface area contributed by atoms with Gasteiger partial charge in [0.05, 0.1) is 4.90 Å². The van der Waals surface area contributed by atoms with E-state index < -0.39 is 21.7 Å². The van der Waals surface area contributed by atoms with Crippen LogP contribution in [0, 0.1) is 5.82 Å². The molecule has 0 bridgehead atoms. The van der Waals surface area contributed by atoms with Crippen LogP contribution in [0.5, 0.6) is 0 Å². The highest BCUT2D eigenvalue weighted by Gasteiger charge is 2.14. The number of hydrogen-bond donors (Lipinski definition) is 2. The number of hydrogen-bond acceptors (Lipinski definition) is 3. The number of carbonyl (C=O) groups is 1. The lowest BCUT2D eigenvalue weighted by Gasteiger charge is -2.08. The van der Waals surface area contributed by atoms with Gasteiger partial charge in [0, 0.05) is 28.7 Å². The van der Waals surface area contributed by atoms with Crippen molar-refractivity contribution in [1.82, 2.24) is 10.0 Å². The Morgan fingerprint density at radius 3 is 2.46 bits per heavy atom. The van der Waals surface area contributed by atoms with Gasteiger partial charge in [0.1, 0.15) is 5.82 Å². The fourth-order valence-electron chi connectivity index (χ4n) is 2.02. The van der Waals surface area contributed by atoms with Crippen LogP contribution >= 0.6 is 15.9 Å². The molecule has 24 heavy (non-hydrogen) atoms. The van der Waals surface area contributed by atoms with Gasteiger partial charge in [0.2, 0.25) is 10.0 Å². The Kier molecular flexibility index (Phi) is 6.09. The zero-order valence-corrected chi connectivity index (χ0v) is 15.2. The van der Waals surface area contributed by atoms with Gasteiger partial charge >= 0.3 is 0 Å². The van der Waals surface area contributed by atoms with E-state index in [2.05, 4.69) is 26.0 Å². The second kappa shape index (κ2) is 7.87. The number of rotatable bonds is 6. The van der Waals surface area contributed by atoms with E-state index in [9.17, 15) is 17.6 Å². The average Bonchev–Trinajstić information content (AvgIpc) is 2.55. The van der Waals surface area contributed by atoms with Crippen LogP contribution in [-0.2, 0) is 16.6 Å². The molecule has 0 aliphatic rings.